The molecule has 0 unspecified atom stereocenters. The third-order valence-electron chi connectivity index (χ3n) is 4.49. The molecule has 2 nitrogen and oxygen atoms in total. The van der Waals surface area contributed by atoms with E-state index in [0.717, 1.165) is 27.6 Å². The van der Waals surface area contributed by atoms with E-state index < -0.39 is 0 Å². The number of hydrogen-bond acceptors (Lipinski definition) is 1. The lowest BCUT2D eigenvalue weighted by molar-refractivity contribution is -0.115. The summed E-state index contributed by atoms with van der Waals surface area (Å²) >= 11 is 0. The lowest BCUT2D eigenvalue weighted by Crippen LogP contribution is -2.14. The van der Waals surface area contributed by atoms with E-state index in [9.17, 15) is 4.79 Å². The molecule has 0 radical (unpaired) electrons. The normalized spacial score (nSPS) is 10.6. The van der Waals surface area contributed by atoms with Gasteiger partial charge in [-0.15, -0.1) is 0 Å². The molecule has 4 aromatic carbocycles. The van der Waals surface area contributed by atoms with E-state index in [1.807, 2.05) is 72.8 Å². The second-order valence-electron chi connectivity index (χ2n) is 6.31. The Balaban J connectivity index is 1.48. The minimum absolute atomic E-state index is 0.00573. The number of carbonyl (C=O) groups excluding carboxylic acids is 1. The SMILES string of the molecule is O=C(Cc1ccc(-c2ccccc2)cc1)Nc1cccc2ccccc12. The highest BCUT2D eigenvalue weighted by molar-refractivity contribution is 6.02. The summed E-state index contributed by atoms with van der Waals surface area (Å²) in [5, 5.41) is 5.22. The van der Waals surface area contributed by atoms with Crippen LogP contribution < -0.4 is 5.32 Å². The lowest BCUT2D eigenvalue weighted by atomic mass is 10.0. The molecule has 0 bridgehead atoms. The quantitative estimate of drug-likeness (QED) is 0.509. The molecule has 126 valence electrons. The summed E-state index contributed by atoms with van der Waals surface area (Å²) in [5.41, 5.74) is 4.19. The Labute approximate surface area is 153 Å². The van der Waals surface area contributed by atoms with Crippen molar-refractivity contribution in [2.75, 3.05) is 5.32 Å². The second-order valence-corrected chi connectivity index (χ2v) is 6.31. The zero-order valence-electron chi connectivity index (χ0n) is 14.4. The summed E-state index contributed by atoms with van der Waals surface area (Å²) in [6.07, 6.45) is 0.359. The Morgan fingerprint density at radius 1 is 0.654 bits per heavy atom. The molecule has 0 saturated heterocycles. The van der Waals surface area contributed by atoms with Crippen LogP contribution in [-0.2, 0) is 11.2 Å². The second kappa shape index (κ2) is 7.24. The third-order valence-corrected chi connectivity index (χ3v) is 4.49. The summed E-state index contributed by atoms with van der Waals surface area (Å²) in [6.45, 7) is 0. The van der Waals surface area contributed by atoms with Crippen molar-refractivity contribution in [2.45, 2.75) is 6.42 Å². The van der Waals surface area contributed by atoms with E-state index in [-0.39, 0.29) is 5.91 Å². The zero-order valence-corrected chi connectivity index (χ0v) is 14.4. The molecular weight excluding hydrogens is 318 g/mol. The highest BCUT2D eigenvalue weighted by Crippen LogP contribution is 2.23. The number of nitrogens with one attached hydrogen (secondary N) is 1. The summed E-state index contributed by atoms with van der Waals surface area (Å²) in [4.78, 5) is 12.5. The van der Waals surface area contributed by atoms with E-state index in [0.29, 0.717) is 6.42 Å². The highest BCUT2D eigenvalue weighted by atomic mass is 16.1. The summed E-state index contributed by atoms with van der Waals surface area (Å²) in [7, 11) is 0. The molecular formula is C24H19NO. The Morgan fingerprint density at radius 2 is 1.31 bits per heavy atom. The van der Waals surface area contributed by atoms with Gasteiger partial charge in [-0.1, -0.05) is 91.0 Å². The van der Waals surface area contributed by atoms with Gasteiger partial charge >= 0.3 is 0 Å². The van der Waals surface area contributed by atoms with Gasteiger partial charge in [0.25, 0.3) is 0 Å². The van der Waals surface area contributed by atoms with Gasteiger partial charge in [0.05, 0.1) is 6.42 Å². The molecule has 0 aromatic heterocycles. The smallest absolute Gasteiger partial charge is 0.228 e. The third kappa shape index (κ3) is 3.50. The molecule has 0 saturated carbocycles. The van der Waals surface area contributed by atoms with Gasteiger partial charge in [0, 0.05) is 11.1 Å². The number of fused-ring (bicyclic) bond motifs is 1. The molecule has 0 heterocycles. The molecule has 4 aromatic rings. The summed E-state index contributed by atoms with van der Waals surface area (Å²) in [6, 6.07) is 32.4. The van der Waals surface area contributed by atoms with Crippen LogP contribution in [0.2, 0.25) is 0 Å². The minimum Gasteiger partial charge on any atom is -0.325 e. The van der Waals surface area contributed by atoms with Crippen molar-refractivity contribution in [3.05, 3.63) is 103 Å². The molecule has 4 rings (SSSR count). The molecule has 0 aliphatic rings. The van der Waals surface area contributed by atoms with Crippen LogP contribution in [0, 0.1) is 0 Å². The van der Waals surface area contributed by atoms with Crippen molar-refractivity contribution in [2.24, 2.45) is 0 Å². The van der Waals surface area contributed by atoms with Gasteiger partial charge in [0.1, 0.15) is 0 Å². The Bertz CT molecular complexity index is 1030. The molecule has 1 amide bonds. The predicted molar refractivity (Wildman–Crippen MR) is 108 cm³/mol. The first kappa shape index (κ1) is 16.1. The van der Waals surface area contributed by atoms with Crippen molar-refractivity contribution in [3.63, 3.8) is 0 Å². The van der Waals surface area contributed by atoms with Gasteiger partial charge in [-0.05, 0) is 28.1 Å². The Morgan fingerprint density at radius 3 is 2.12 bits per heavy atom. The van der Waals surface area contributed by atoms with Crippen LogP contribution >= 0.6 is 0 Å². The highest BCUT2D eigenvalue weighted by Gasteiger charge is 2.07. The topological polar surface area (TPSA) is 29.1 Å². The fraction of sp³-hybridized carbons (Fsp3) is 0.0417. The maximum absolute atomic E-state index is 12.5. The number of hydrogen-bond donors (Lipinski definition) is 1. The van der Waals surface area contributed by atoms with Crippen molar-refractivity contribution >= 4 is 22.4 Å². The van der Waals surface area contributed by atoms with Gasteiger partial charge in [-0.3, -0.25) is 4.79 Å². The van der Waals surface area contributed by atoms with Gasteiger partial charge in [-0.25, -0.2) is 0 Å². The number of benzene rings is 4. The molecule has 0 aliphatic heterocycles. The van der Waals surface area contributed by atoms with Crippen molar-refractivity contribution in [1.82, 2.24) is 0 Å². The van der Waals surface area contributed by atoms with Crippen LogP contribution in [0.3, 0.4) is 0 Å². The maximum Gasteiger partial charge on any atom is 0.228 e. The van der Waals surface area contributed by atoms with Crippen molar-refractivity contribution in [3.8, 4) is 11.1 Å². The zero-order chi connectivity index (χ0) is 17.8. The van der Waals surface area contributed by atoms with E-state index >= 15 is 0 Å². The molecule has 2 heteroatoms. The maximum atomic E-state index is 12.5. The van der Waals surface area contributed by atoms with Crippen LogP contribution in [0.5, 0.6) is 0 Å². The Hall–Kier alpha value is -3.39. The summed E-state index contributed by atoms with van der Waals surface area (Å²) in [5.74, 6) is -0.00573. The molecule has 0 atom stereocenters. The molecule has 26 heavy (non-hydrogen) atoms. The number of rotatable bonds is 4. The van der Waals surface area contributed by atoms with Crippen molar-refractivity contribution in [1.29, 1.82) is 0 Å². The number of carbonyl (C=O) groups is 1. The molecule has 1 N–H and O–H groups in total. The van der Waals surface area contributed by atoms with Crippen LogP contribution in [0.15, 0.2) is 97.1 Å². The van der Waals surface area contributed by atoms with Crippen LogP contribution in [0.25, 0.3) is 21.9 Å². The average molecular weight is 337 g/mol. The number of amides is 1. The van der Waals surface area contributed by atoms with E-state index in [4.69, 9.17) is 0 Å². The van der Waals surface area contributed by atoms with E-state index in [2.05, 4.69) is 29.6 Å². The first-order valence-corrected chi connectivity index (χ1v) is 8.71. The van der Waals surface area contributed by atoms with Gasteiger partial charge < -0.3 is 5.32 Å². The van der Waals surface area contributed by atoms with Crippen LogP contribution in [0.4, 0.5) is 5.69 Å². The van der Waals surface area contributed by atoms with Gasteiger partial charge in [0.15, 0.2) is 0 Å². The average Bonchev–Trinajstić information content (AvgIpc) is 2.69. The summed E-state index contributed by atoms with van der Waals surface area (Å²) < 4.78 is 0. The monoisotopic (exact) mass is 337 g/mol. The van der Waals surface area contributed by atoms with Crippen LogP contribution in [0.1, 0.15) is 5.56 Å². The standard InChI is InChI=1S/C24H19NO/c26-24(25-23-12-6-10-21-9-4-5-11-22(21)23)17-18-13-15-20(16-14-18)19-7-2-1-3-8-19/h1-16H,17H2,(H,25,26). The molecule has 0 spiro atoms. The van der Waals surface area contributed by atoms with E-state index in [1.165, 1.54) is 5.56 Å². The lowest BCUT2D eigenvalue weighted by Gasteiger charge is -2.09. The number of anilines is 1. The Kier molecular flexibility index (Phi) is 4.48. The van der Waals surface area contributed by atoms with Gasteiger partial charge in [0.2, 0.25) is 5.91 Å². The first-order chi connectivity index (χ1) is 12.8. The van der Waals surface area contributed by atoms with E-state index in [1.54, 1.807) is 0 Å². The fourth-order valence-corrected chi connectivity index (χ4v) is 3.16. The first-order valence-electron chi connectivity index (χ1n) is 8.71. The van der Waals surface area contributed by atoms with Crippen LogP contribution in [-0.4, -0.2) is 5.91 Å². The van der Waals surface area contributed by atoms with Crippen molar-refractivity contribution < 1.29 is 4.79 Å². The largest absolute Gasteiger partial charge is 0.325 e. The molecule has 0 fully saturated rings. The fourth-order valence-electron chi connectivity index (χ4n) is 3.16. The van der Waals surface area contributed by atoms with Gasteiger partial charge in [-0.2, -0.15) is 0 Å². The predicted octanol–water partition coefficient (Wildman–Crippen LogP) is 5.69. The minimum atomic E-state index is -0.00573. The molecule has 0 aliphatic carbocycles.